The monoisotopic (exact) mass is 235 g/mol. The first kappa shape index (κ1) is 13.1. The van der Waals surface area contributed by atoms with E-state index in [1.165, 1.54) is 6.08 Å². The maximum atomic E-state index is 10.6. The molecular formula is C13H17NO3. The van der Waals surface area contributed by atoms with Gasteiger partial charge >= 0.3 is 0 Å². The summed E-state index contributed by atoms with van der Waals surface area (Å²) < 4.78 is 10.7. The molecule has 0 spiro atoms. The summed E-state index contributed by atoms with van der Waals surface area (Å²) in [6, 6.07) is 5.45. The third-order valence-corrected chi connectivity index (χ3v) is 2.09. The van der Waals surface area contributed by atoms with Crippen molar-refractivity contribution in [2.24, 2.45) is 5.73 Å². The van der Waals surface area contributed by atoms with Gasteiger partial charge < -0.3 is 15.2 Å². The molecule has 0 saturated heterocycles. The van der Waals surface area contributed by atoms with E-state index in [0.717, 1.165) is 12.0 Å². The van der Waals surface area contributed by atoms with Crippen molar-refractivity contribution in [3.05, 3.63) is 29.8 Å². The van der Waals surface area contributed by atoms with Crippen molar-refractivity contribution in [1.29, 1.82) is 0 Å². The molecule has 0 unspecified atom stereocenters. The number of hydrogen-bond donors (Lipinski definition) is 1. The topological polar surface area (TPSA) is 61.5 Å². The van der Waals surface area contributed by atoms with Gasteiger partial charge in [0.25, 0.3) is 0 Å². The Hall–Kier alpha value is -1.97. The molecule has 0 atom stereocenters. The number of amides is 1. The van der Waals surface area contributed by atoms with Gasteiger partial charge in [0.15, 0.2) is 11.5 Å². The molecular weight excluding hydrogens is 218 g/mol. The van der Waals surface area contributed by atoms with Crippen molar-refractivity contribution in [2.75, 3.05) is 13.7 Å². The van der Waals surface area contributed by atoms with Crippen LogP contribution in [0.1, 0.15) is 18.9 Å². The van der Waals surface area contributed by atoms with Crippen LogP contribution in [0.3, 0.4) is 0 Å². The van der Waals surface area contributed by atoms with Crippen molar-refractivity contribution in [3.63, 3.8) is 0 Å². The lowest BCUT2D eigenvalue weighted by Crippen LogP contribution is -2.05. The SMILES string of the molecule is CCCOc1ccc(/C=C/C(N)=O)cc1OC. The number of benzene rings is 1. The lowest BCUT2D eigenvalue weighted by Gasteiger charge is -2.10. The Bertz CT molecular complexity index is 413. The molecule has 0 saturated carbocycles. The standard InChI is InChI=1S/C13H17NO3/c1-3-8-17-11-6-4-10(5-7-13(14)15)9-12(11)16-2/h4-7,9H,3,8H2,1-2H3,(H2,14,15)/b7-5+. The van der Waals surface area contributed by atoms with Crippen LogP contribution in [0.25, 0.3) is 6.08 Å². The highest BCUT2D eigenvalue weighted by atomic mass is 16.5. The highest BCUT2D eigenvalue weighted by molar-refractivity contribution is 5.90. The maximum absolute atomic E-state index is 10.6. The number of rotatable bonds is 6. The fourth-order valence-electron chi connectivity index (χ4n) is 1.30. The number of carbonyl (C=O) groups excluding carboxylic acids is 1. The van der Waals surface area contributed by atoms with E-state index >= 15 is 0 Å². The summed E-state index contributed by atoms with van der Waals surface area (Å²) in [5.74, 6) is 0.867. The van der Waals surface area contributed by atoms with Gasteiger partial charge in [0, 0.05) is 6.08 Å². The van der Waals surface area contributed by atoms with Crippen molar-refractivity contribution in [1.82, 2.24) is 0 Å². The first-order valence-corrected chi connectivity index (χ1v) is 5.45. The van der Waals surface area contributed by atoms with Gasteiger partial charge in [-0.2, -0.15) is 0 Å². The molecule has 0 bridgehead atoms. The van der Waals surface area contributed by atoms with Gasteiger partial charge in [-0.15, -0.1) is 0 Å². The van der Waals surface area contributed by atoms with Gasteiger partial charge in [0.2, 0.25) is 5.91 Å². The molecule has 0 heterocycles. The van der Waals surface area contributed by atoms with Crippen LogP contribution in [-0.4, -0.2) is 19.6 Å². The molecule has 1 amide bonds. The quantitative estimate of drug-likeness (QED) is 0.767. The van der Waals surface area contributed by atoms with Crippen LogP contribution < -0.4 is 15.2 Å². The van der Waals surface area contributed by atoms with Gasteiger partial charge in [-0.25, -0.2) is 0 Å². The number of carbonyl (C=O) groups is 1. The average molecular weight is 235 g/mol. The Kier molecular flexibility index (Phi) is 5.07. The number of ether oxygens (including phenoxy) is 2. The molecule has 0 fully saturated rings. The average Bonchev–Trinajstić information content (AvgIpc) is 2.34. The summed E-state index contributed by atoms with van der Waals surface area (Å²) in [7, 11) is 1.58. The molecule has 4 heteroatoms. The summed E-state index contributed by atoms with van der Waals surface area (Å²) in [6.45, 7) is 2.68. The zero-order valence-corrected chi connectivity index (χ0v) is 10.1. The van der Waals surface area contributed by atoms with Gasteiger partial charge in [-0.1, -0.05) is 13.0 Å². The van der Waals surface area contributed by atoms with Crippen LogP contribution in [0.2, 0.25) is 0 Å². The van der Waals surface area contributed by atoms with Crippen molar-refractivity contribution < 1.29 is 14.3 Å². The van der Waals surface area contributed by atoms with Crippen LogP contribution >= 0.6 is 0 Å². The smallest absolute Gasteiger partial charge is 0.241 e. The highest BCUT2D eigenvalue weighted by Gasteiger charge is 2.04. The van der Waals surface area contributed by atoms with Crippen LogP contribution in [0.4, 0.5) is 0 Å². The number of primary amides is 1. The van der Waals surface area contributed by atoms with E-state index in [1.54, 1.807) is 19.3 Å². The van der Waals surface area contributed by atoms with Crippen LogP contribution in [0, 0.1) is 0 Å². The number of methoxy groups -OCH3 is 1. The van der Waals surface area contributed by atoms with Crippen molar-refractivity contribution >= 4 is 12.0 Å². The molecule has 1 rings (SSSR count). The molecule has 0 radical (unpaired) electrons. The second kappa shape index (κ2) is 6.58. The van der Waals surface area contributed by atoms with E-state index in [9.17, 15) is 4.79 Å². The predicted octanol–water partition coefficient (Wildman–Crippen LogP) is 1.98. The molecule has 92 valence electrons. The fraction of sp³-hybridized carbons (Fsp3) is 0.308. The molecule has 0 aliphatic heterocycles. The molecule has 1 aromatic carbocycles. The first-order chi connectivity index (χ1) is 8.17. The van der Waals surface area contributed by atoms with Gasteiger partial charge in [0.1, 0.15) is 0 Å². The third kappa shape index (κ3) is 4.18. The summed E-state index contributed by atoms with van der Waals surface area (Å²) in [6.07, 6.45) is 3.88. The zero-order chi connectivity index (χ0) is 12.7. The summed E-state index contributed by atoms with van der Waals surface area (Å²) in [5, 5.41) is 0. The van der Waals surface area contributed by atoms with Crippen LogP contribution in [0.5, 0.6) is 11.5 Å². The van der Waals surface area contributed by atoms with Gasteiger partial charge in [0.05, 0.1) is 13.7 Å². The van der Waals surface area contributed by atoms with E-state index in [1.807, 2.05) is 19.1 Å². The zero-order valence-electron chi connectivity index (χ0n) is 10.1. The van der Waals surface area contributed by atoms with E-state index < -0.39 is 5.91 Å². The largest absolute Gasteiger partial charge is 0.493 e. The molecule has 0 aliphatic rings. The molecule has 2 N–H and O–H groups in total. The second-order valence-electron chi connectivity index (χ2n) is 3.49. The normalized spacial score (nSPS) is 10.5. The summed E-state index contributed by atoms with van der Waals surface area (Å²) >= 11 is 0. The highest BCUT2D eigenvalue weighted by Crippen LogP contribution is 2.28. The number of hydrogen-bond acceptors (Lipinski definition) is 3. The minimum atomic E-state index is -0.477. The Morgan fingerprint density at radius 3 is 2.76 bits per heavy atom. The summed E-state index contributed by atoms with van der Waals surface area (Å²) in [5.41, 5.74) is 5.86. The lowest BCUT2D eigenvalue weighted by molar-refractivity contribution is -0.113. The van der Waals surface area contributed by atoms with E-state index in [4.69, 9.17) is 15.2 Å². The minimum Gasteiger partial charge on any atom is -0.493 e. The van der Waals surface area contributed by atoms with Crippen molar-refractivity contribution in [3.8, 4) is 11.5 Å². The maximum Gasteiger partial charge on any atom is 0.241 e. The third-order valence-electron chi connectivity index (χ3n) is 2.09. The summed E-state index contributed by atoms with van der Waals surface area (Å²) in [4.78, 5) is 10.6. The molecule has 0 aromatic heterocycles. The molecule has 17 heavy (non-hydrogen) atoms. The van der Waals surface area contributed by atoms with Gasteiger partial charge in [-0.3, -0.25) is 4.79 Å². The Balaban J connectivity index is 2.87. The fourth-order valence-corrected chi connectivity index (χ4v) is 1.30. The Morgan fingerprint density at radius 1 is 1.41 bits per heavy atom. The molecule has 4 nitrogen and oxygen atoms in total. The van der Waals surface area contributed by atoms with Gasteiger partial charge in [-0.05, 0) is 30.2 Å². The second-order valence-corrected chi connectivity index (χ2v) is 3.49. The molecule has 1 aromatic rings. The minimum absolute atomic E-state index is 0.477. The van der Waals surface area contributed by atoms with Crippen LogP contribution in [0.15, 0.2) is 24.3 Å². The first-order valence-electron chi connectivity index (χ1n) is 5.45. The molecule has 0 aliphatic carbocycles. The predicted molar refractivity (Wildman–Crippen MR) is 67.0 cm³/mol. The Morgan fingerprint density at radius 2 is 2.18 bits per heavy atom. The van der Waals surface area contributed by atoms with Crippen molar-refractivity contribution in [2.45, 2.75) is 13.3 Å². The number of nitrogens with two attached hydrogens (primary N) is 1. The van der Waals surface area contributed by atoms with E-state index in [0.29, 0.717) is 18.1 Å². The Labute approximate surface area is 101 Å². The lowest BCUT2D eigenvalue weighted by atomic mass is 10.2. The van der Waals surface area contributed by atoms with E-state index in [2.05, 4.69) is 0 Å². The van der Waals surface area contributed by atoms with Crippen LogP contribution in [-0.2, 0) is 4.79 Å². The van der Waals surface area contributed by atoms with E-state index in [-0.39, 0.29) is 0 Å².